The minimum atomic E-state index is -0.0828. The Kier molecular flexibility index (Phi) is 2.98. The third-order valence-corrected chi connectivity index (χ3v) is 2.62. The molecule has 0 saturated carbocycles. The Morgan fingerprint density at radius 3 is 3.06 bits per heavy atom. The molecule has 1 heterocycles. The van der Waals surface area contributed by atoms with Gasteiger partial charge in [0.15, 0.2) is 0 Å². The molecule has 1 aliphatic rings. The van der Waals surface area contributed by atoms with Gasteiger partial charge in [-0.15, -0.1) is 0 Å². The second-order valence-corrected chi connectivity index (χ2v) is 4.18. The molecule has 1 unspecified atom stereocenters. The third kappa shape index (κ3) is 2.22. The quantitative estimate of drug-likeness (QED) is 0.782. The summed E-state index contributed by atoms with van der Waals surface area (Å²) in [4.78, 5) is 13.5. The molecule has 1 aromatic carbocycles. The molecule has 0 saturated heterocycles. The number of anilines is 2. The summed E-state index contributed by atoms with van der Waals surface area (Å²) in [5.41, 5.74) is 7.91. The van der Waals surface area contributed by atoms with Gasteiger partial charge in [-0.25, -0.2) is 0 Å². The van der Waals surface area contributed by atoms with Gasteiger partial charge >= 0.3 is 0 Å². The molecule has 1 atom stereocenters. The number of nitriles is 1. The lowest BCUT2D eigenvalue weighted by Crippen LogP contribution is -2.45. The Labute approximate surface area is 99.8 Å². The van der Waals surface area contributed by atoms with E-state index >= 15 is 0 Å². The van der Waals surface area contributed by atoms with Crippen molar-refractivity contribution in [2.24, 2.45) is 5.73 Å². The number of rotatable bonds is 2. The first-order chi connectivity index (χ1) is 8.11. The maximum absolute atomic E-state index is 11.8. The summed E-state index contributed by atoms with van der Waals surface area (Å²) >= 11 is 0. The number of nitrogens with two attached hydrogens (primary N) is 1. The minimum absolute atomic E-state index is 0.000456. The molecule has 5 nitrogen and oxygen atoms in total. The Bertz CT molecular complexity index is 490. The molecule has 0 fully saturated rings. The maximum Gasteiger partial charge on any atom is 0.246 e. The van der Waals surface area contributed by atoms with E-state index in [9.17, 15) is 4.79 Å². The molecule has 88 valence electrons. The van der Waals surface area contributed by atoms with Crippen molar-refractivity contribution in [3.63, 3.8) is 0 Å². The summed E-state index contributed by atoms with van der Waals surface area (Å²) in [7, 11) is 0. The number of benzene rings is 1. The number of fused-ring (bicyclic) bond motifs is 1. The van der Waals surface area contributed by atoms with Crippen molar-refractivity contribution in [1.82, 2.24) is 0 Å². The summed E-state index contributed by atoms with van der Waals surface area (Å²) in [5, 5.41) is 11.8. The van der Waals surface area contributed by atoms with Crippen molar-refractivity contribution in [3.05, 3.63) is 23.8 Å². The van der Waals surface area contributed by atoms with Crippen LogP contribution in [0.15, 0.2) is 18.2 Å². The molecule has 5 heteroatoms. The van der Waals surface area contributed by atoms with Crippen molar-refractivity contribution >= 4 is 17.3 Å². The van der Waals surface area contributed by atoms with Gasteiger partial charge in [0.05, 0.1) is 29.6 Å². The average molecular weight is 230 g/mol. The summed E-state index contributed by atoms with van der Waals surface area (Å²) in [6.45, 7) is 2.59. The van der Waals surface area contributed by atoms with Gasteiger partial charge < -0.3 is 16.0 Å². The predicted molar refractivity (Wildman–Crippen MR) is 65.6 cm³/mol. The van der Waals surface area contributed by atoms with E-state index in [1.165, 1.54) is 0 Å². The molecule has 2 rings (SSSR count). The second-order valence-electron chi connectivity index (χ2n) is 4.18. The van der Waals surface area contributed by atoms with Crippen LogP contribution in [-0.2, 0) is 4.79 Å². The van der Waals surface area contributed by atoms with Gasteiger partial charge in [-0.3, -0.25) is 4.79 Å². The molecule has 17 heavy (non-hydrogen) atoms. The first kappa shape index (κ1) is 11.4. The highest BCUT2D eigenvalue weighted by Crippen LogP contribution is 2.30. The van der Waals surface area contributed by atoms with Gasteiger partial charge in [0.2, 0.25) is 5.91 Å². The average Bonchev–Trinajstić information content (AvgIpc) is 2.32. The number of carbonyl (C=O) groups is 1. The van der Waals surface area contributed by atoms with E-state index in [0.29, 0.717) is 12.1 Å². The highest BCUT2D eigenvalue weighted by molar-refractivity contribution is 6.02. The van der Waals surface area contributed by atoms with Gasteiger partial charge in [0, 0.05) is 12.6 Å². The zero-order valence-electron chi connectivity index (χ0n) is 9.60. The van der Waals surface area contributed by atoms with Gasteiger partial charge in [-0.2, -0.15) is 5.26 Å². The molecule has 1 aromatic rings. The Morgan fingerprint density at radius 1 is 1.65 bits per heavy atom. The maximum atomic E-state index is 11.8. The monoisotopic (exact) mass is 230 g/mol. The second kappa shape index (κ2) is 4.44. The zero-order valence-corrected chi connectivity index (χ0v) is 9.60. The Balaban J connectivity index is 2.38. The molecule has 0 bridgehead atoms. The Morgan fingerprint density at radius 2 is 2.41 bits per heavy atom. The van der Waals surface area contributed by atoms with Crippen LogP contribution in [0.4, 0.5) is 11.4 Å². The lowest BCUT2D eigenvalue weighted by molar-refractivity contribution is -0.117. The fraction of sp³-hybridized carbons (Fsp3) is 0.333. The van der Waals surface area contributed by atoms with Crippen LogP contribution in [0.1, 0.15) is 12.5 Å². The highest BCUT2D eigenvalue weighted by Gasteiger charge is 2.24. The molecule has 0 spiro atoms. The summed E-state index contributed by atoms with van der Waals surface area (Å²) in [6.07, 6.45) is 0. The summed E-state index contributed by atoms with van der Waals surface area (Å²) in [6, 6.07) is 7.22. The van der Waals surface area contributed by atoms with E-state index < -0.39 is 0 Å². The number of carbonyl (C=O) groups excluding carboxylic acids is 1. The van der Waals surface area contributed by atoms with E-state index in [-0.39, 0.29) is 18.5 Å². The lowest BCUT2D eigenvalue weighted by Gasteiger charge is -2.31. The van der Waals surface area contributed by atoms with Crippen LogP contribution < -0.4 is 16.0 Å². The molecule has 0 radical (unpaired) electrons. The Hall–Kier alpha value is -2.06. The predicted octanol–water partition coefficient (Wildman–Crippen LogP) is 0.664. The van der Waals surface area contributed by atoms with Crippen molar-refractivity contribution in [2.45, 2.75) is 13.0 Å². The topological polar surface area (TPSA) is 82.2 Å². The SMILES string of the molecule is CC(N)CN1C(=O)CNc2cc(C#N)ccc21. The van der Waals surface area contributed by atoms with Crippen molar-refractivity contribution in [2.75, 3.05) is 23.3 Å². The molecule has 3 N–H and O–H groups in total. The molecular weight excluding hydrogens is 216 g/mol. The van der Waals surface area contributed by atoms with Crippen LogP contribution in [0.5, 0.6) is 0 Å². The molecular formula is C12H14N4O. The van der Waals surface area contributed by atoms with Crippen molar-refractivity contribution in [1.29, 1.82) is 5.26 Å². The first-order valence-corrected chi connectivity index (χ1v) is 5.46. The summed E-state index contributed by atoms with van der Waals surface area (Å²) < 4.78 is 0. The first-order valence-electron chi connectivity index (χ1n) is 5.46. The van der Waals surface area contributed by atoms with Crippen molar-refractivity contribution < 1.29 is 4.79 Å². The highest BCUT2D eigenvalue weighted by atomic mass is 16.2. The van der Waals surface area contributed by atoms with Crippen LogP contribution in [-0.4, -0.2) is 25.0 Å². The lowest BCUT2D eigenvalue weighted by atomic mass is 10.1. The van der Waals surface area contributed by atoms with E-state index in [1.807, 2.05) is 6.92 Å². The third-order valence-electron chi connectivity index (χ3n) is 2.62. The molecule has 0 aromatic heterocycles. The van der Waals surface area contributed by atoms with E-state index in [1.54, 1.807) is 23.1 Å². The number of nitrogens with zero attached hydrogens (tertiary/aromatic N) is 2. The van der Waals surface area contributed by atoms with Crippen LogP contribution in [0.2, 0.25) is 0 Å². The standard InChI is InChI=1S/C12H14N4O/c1-8(14)7-16-11-3-2-9(5-13)4-10(11)15-6-12(16)17/h2-4,8,15H,6-7,14H2,1H3. The van der Waals surface area contributed by atoms with Crippen molar-refractivity contribution in [3.8, 4) is 6.07 Å². The molecule has 1 amide bonds. The van der Waals surface area contributed by atoms with Gasteiger partial charge in [-0.1, -0.05) is 0 Å². The number of amides is 1. The van der Waals surface area contributed by atoms with Crippen LogP contribution in [0.25, 0.3) is 0 Å². The van der Waals surface area contributed by atoms with Gasteiger partial charge in [0.1, 0.15) is 0 Å². The van der Waals surface area contributed by atoms with Crippen LogP contribution >= 0.6 is 0 Å². The fourth-order valence-corrected chi connectivity index (χ4v) is 1.87. The van der Waals surface area contributed by atoms with Gasteiger partial charge in [0.25, 0.3) is 0 Å². The zero-order chi connectivity index (χ0) is 12.4. The molecule has 1 aliphatic heterocycles. The van der Waals surface area contributed by atoms with Crippen LogP contribution in [0, 0.1) is 11.3 Å². The minimum Gasteiger partial charge on any atom is -0.374 e. The van der Waals surface area contributed by atoms with E-state index in [2.05, 4.69) is 11.4 Å². The van der Waals surface area contributed by atoms with Crippen LogP contribution in [0.3, 0.4) is 0 Å². The smallest absolute Gasteiger partial charge is 0.246 e. The number of hydrogen-bond acceptors (Lipinski definition) is 4. The van der Waals surface area contributed by atoms with E-state index in [4.69, 9.17) is 11.0 Å². The fourth-order valence-electron chi connectivity index (χ4n) is 1.87. The molecule has 0 aliphatic carbocycles. The largest absolute Gasteiger partial charge is 0.374 e. The summed E-state index contributed by atoms with van der Waals surface area (Å²) in [5.74, 6) is -0.000456. The normalized spacial score (nSPS) is 15.8. The number of hydrogen-bond donors (Lipinski definition) is 2. The number of nitrogens with one attached hydrogen (secondary N) is 1. The van der Waals surface area contributed by atoms with E-state index in [0.717, 1.165) is 11.4 Å². The van der Waals surface area contributed by atoms with Gasteiger partial charge in [-0.05, 0) is 25.1 Å².